The minimum atomic E-state index is -0.474. The highest BCUT2D eigenvalue weighted by Crippen LogP contribution is 2.14. The molecule has 1 heterocycles. The Labute approximate surface area is 121 Å². The maximum Gasteiger partial charge on any atom is 0.242 e. The molecule has 0 aliphatic carbocycles. The van der Waals surface area contributed by atoms with Gasteiger partial charge >= 0.3 is 0 Å². The maximum atomic E-state index is 13.5. The van der Waals surface area contributed by atoms with E-state index in [1.54, 1.807) is 13.1 Å². The fourth-order valence-electron chi connectivity index (χ4n) is 2.01. The number of rotatable bonds is 3. The zero-order valence-electron chi connectivity index (χ0n) is 10.9. The zero-order valence-corrected chi connectivity index (χ0v) is 11.7. The van der Waals surface area contributed by atoms with E-state index in [1.807, 2.05) is 0 Å². The van der Waals surface area contributed by atoms with Crippen molar-refractivity contribution in [2.75, 3.05) is 20.1 Å². The van der Waals surface area contributed by atoms with Crippen LogP contribution < -0.4 is 5.73 Å². The summed E-state index contributed by atoms with van der Waals surface area (Å²) in [5.41, 5.74) is 6.44. The number of carbonyl (C=O) groups is 2. The van der Waals surface area contributed by atoms with Gasteiger partial charge in [0.15, 0.2) is 0 Å². The molecule has 0 aromatic heterocycles. The second kappa shape index (κ2) is 5.54. The Morgan fingerprint density at radius 2 is 2.00 bits per heavy atom. The number of amides is 2. The highest BCUT2D eigenvalue weighted by atomic mass is 32.1. The summed E-state index contributed by atoms with van der Waals surface area (Å²) >= 11 is 4.81. The van der Waals surface area contributed by atoms with E-state index in [-0.39, 0.29) is 36.4 Å². The Morgan fingerprint density at radius 1 is 1.30 bits per heavy atom. The van der Waals surface area contributed by atoms with Crippen molar-refractivity contribution in [3.63, 3.8) is 0 Å². The van der Waals surface area contributed by atoms with Crippen molar-refractivity contribution < 1.29 is 14.0 Å². The van der Waals surface area contributed by atoms with Crippen molar-refractivity contribution in [2.45, 2.75) is 6.54 Å². The summed E-state index contributed by atoms with van der Waals surface area (Å²) < 4.78 is 13.5. The Bertz CT molecular complexity index is 591. The Morgan fingerprint density at radius 3 is 2.65 bits per heavy atom. The second-order valence-electron chi connectivity index (χ2n) is 4.71. The molecule has 0 radical (unpaired) electrons. The topological polar surface area (TPSA) is 66.6 Å². The molecular formula is C13H14FN3O2S. The van der Waals surface area contributed by atoms with Crippen LogP contribution in [0.4, 0.5) is 4.39 Å². The van der Waals surface area contributed by atoms with Crippen molar-refractivity contribution in [2.24, 2.45) is 5.73 Å². The van der Waals surface area contributed by atoms with Gasteiger partial charge in [0.1, 0.15) is 17.4 Å². The first kappa shape index (κ1) is 14.4. The van der Waals surface area contributed by atoms with Crippen LogP contribution in [0.3, 0.4) is 0 Å². The largest absolute Gasteiger partial charge is 0.389 e. The highest BCUT2D eigenvalue weighted by molar-refractivity contribution is 7.80. The third kappa shape index (κ3) is 3.11. The number of benzene rings is 1. The van der Waals surface area contributed by atoms with Gasteiger partial charge < -0.3 is 15.5 Å². The molecule has 0 atom stereocenters. The molecule has 2 N–H and O–H groups in total. The van der Waals surface area contributed by atoms with E-state index in [0.717, 1.165) is 0 Å². The van der Waals surface area contributed by atoms with Gasteiger partial charge in [0, 0.05) is 19.2 Å². The van der Waals surface area contributed by atoms with Gasteiger partial charge in [-0.05, 0) is 23.8 Å². The minimum Gasteiger partial charge on any atom is -0.389 e. The molecule has 20 heavy (non-hydrogen) atoms. The van der Waals surface area contributed by atoms with Crippen LogP contribution >= 0.6 is 12.2 Å². The fraction of sp³-hybridized carbons (Fsp3) is 0.308. The van der Waals surface area contributed by atoms with E-state index in [9.17, 15) is 14.0 Å². The van der Waals surface area contributed by atoms with Crippen LogP contribution in [0.25, 0.3) is 0 Å². The number of thiocarbonyl (C=S) groups is 1. The predicted octanol–water partition coefficient (Wildman–Crippen LogP) is 0.260. The van der Waals surface area contributed by atoms with Crippen molar-refractivity contribution in [3.05, 3.63) is 35.1 Å². The number of piperazine rings is 1. The molecule has 0 unspecified atom stereocenters. The molecule has 1 aliphatic rings. The number of likely N-dealkylation sites (N-methyl/N-ethyl adjacent to an activating group) is 1. The van der Waals surface area contributed by atoms with Crippen LogP contribution in [0.5, 0.6) is 0 Å². The van der Waals surface area contributed by atoms with E-state index in [4.69, 9.17) is 18.0 Å². The normalized spacial score (nSPS) is 15.7. The van der Waals surface area contributed by atoms with Gasteiger partial charge in [0.05, 0.1) is 6.54 Å². The number of halogens is 1. The third-order valence-electron chi connectivity index (χ3n) is 3.09. The van der Waals surface area contributed by atoms with Crippen LogP contribution in [0.2, 0.25) is 0 Å². The molecule has 1 aromatic rings. The summed E-state index contributed by atoms with van der Waals surface area (Å²) in [6.07, 6.45) is 0. The van der Waals surface area contributed by atoms with E-state index in [0.29, 0.717) is 11.1 Å². The average Bonchev–Trinajstić information content (AvgIpc) is 2.35. The van der Waals surface area contributed by atoms with E-state index in [2.05, 4.69) is 0 Å². The third-order valence-corrected chi connectivity index (χ3v) is 3.33. The molecule has 1 saturated heterocycles. The number of nitrogens with zero attached hydrogens (tertiary/aromatic N) is 2. The fourth-order valence-corrected chi connectivity index (χ4v) is 2.13. The number of carbonyl (C=O) groups excluding carboxylic acids is 2. The van der Waals surface area contributed by atoms with Crippen LogP contribution in [0.15, 0.2) is 18.2 Å². The van der Waals surface area contributed by atoms with Gasteiger partial charge in [-0.2, -0.15) is 0 Å². The standard InChI is InChI=1S/C13H14FN3O2S/c1-16-6-12(19)17(7-11(16)18)5-8-2-9(13(15)20)4-10(14)3-8/h2-4H,5-7H2,1H3,(H2,15,20). The predicted molar refractivity (Wildman–Crippen MR) is 75.3 cm³/mol. The lowest BCUT2D eigenvalue weighted by molar-refractivity contribution is -0.149. The van der Waals surface area contributed by atoms with Gasteiger partial charge in [-0.15, -0.1) is 0 Å². The molecule has 1 aliphatic heterocycles. The summed E-state index contributed by atoms with van der Waals surface area (Å²) in [4.78, 5) is 26.3. The summed E-state index contributed by atoms with van der Waals surface area (Å²) in [5.74, 6) is -0.790. The second-order valence-corrected chi connectivity index (χ2v) is 5.15. The van der Waals surface area contributed by atoms with Gasteiger partial charge in [0.2, 0.25) is 11.8 Å². The highest BCUT2D eigenvalue weighted by Gasteiger charge is 2.27. The van der Waals surface area contributed by atoms with Crippen LogP contribution in [0, 0.1) is 5.82 Å². The first-order valence-electron chi connectivity index (χ1n) is 5.98. The van der Waals surface area contributed by atoms with Crippen molar-refractivity contribution in [1.82, 2.24) is 9.80 Å². The summed E-state index contributed by atoms with van der Waals surface area (Å²) in [6, 6.07) is 4.17. The molecule has 0 spiro atoms. The smallest absolute Gasteiger partial charge is 0.242 e. The van der Waals surface area contributed by atoms with Gasteiger partial charge in [-0.1, -0.05) is 12.2 Å². The van der Waals surface area contributed by atoms with Gasteiger partial charge in [-0.25, -0.2) is 4.39 Å². The molecule has 0 bridgehead atoms. The monoisotopic (exact) mass is 295 g/mol. The van der Waals surface area contributed by atoms with Crippen LogP contribution in [0.1, 0.15) is 11.1 Å². The van der Waals surface area contributed by atoms with E-state index >= 15 is 0 Å². The molecule has 1 fully saturated rings. The molecule has 1 aromatic carbocycles. The SMILES string of the molecule is CN1CC(=O)N(Cc2cc(F)cc(C(N)=S)c2)CC1=O. The van der Waals surface area contributed by atoms with Gasteiger partial charge in [0.25, 0.3) is 0 Å². The first-order valence-corrected chi connectivity index (χ1v) is 6.38. The zero-order chi connectivity index (χ0) is 14.9. The summed E-state index contributed by atoms with van der Waals surface area (Å²) in [7, 11) is 1.57. The Balaban J connectivity index is 2.19. The average molecular weight is 295 g/mol. The maximum absolute atomic E-state index is 13.5. The van der Waals surface area contributed by atoms with Crippen LogP contribution in [-0.2, 0) is 16.1 Å². The molecular weight excluding hydrogens is 281 g/mol. The molecule has 5 nitrogen and oxygen atoms in total. The van der Waals surface area contributed by atoms with E-state index < -0.39 is 5.82 Å². The minimum absolute atomic E-state index is 0.00570. The lowest BCUT2D eigenvalue weighted by Gasteiger charge is -2.31. The van der Waals surface area contributed by atoms with Crippen molar-refractivity contribution in [1.29, 1.82) is 0 Å². The van der Waals surface area contributed by atoms with Crippen molar-refractivity contribution >= 4 is 29.0 Å². The summed E-state index contributed by atoms with van der Waals surface area (Å²) in [5, 5.41) is 0. The summed E-state index contributed by atoms with van der Waals surface area (Å²) in [6.45, 7) is 0.191. The van der Waals surface area contributed by atoms with Crippen molar-refractivity contribution in [3.8, 4) is 0 Å². The lowest BCUT2D eigenvalue weighted by Crippen LogP contribution is -2.51. The van der Waals surface area contributed by atoms with Crippen LogP contribution in [-0.4, -0.2) is 46.7 Å². The lowest BCUT2D eigenvalue weighted by atomic mass is 10.1. The number of hydrogen-bond donors (Lipinski definition) is 1. The molecule has 7 heteroatoms. The van der Waals surface area contributed by atoms with E-state index in [1.165, 1.54) is 21.9 Å². The Hall–Kier alpha value is -2.02. The molecule has 2 rings (SSSR count). The molecule has 2 amide bonds. The first-order chi connectivity index (χ1) is 9.36. The number of nitrogens with two attached hydrogens (primary N) is 1. The van der Waals surface area contributed by atoms with Gasteiger partial charge in [-0.3, -0.25) is 9.59 Å². The quantitative estimate of drug-likeness (QED) is 0.812. The molecule has 0 saturated carbocycles. The Kier molecular flexibility index (Phi) is 3.99. The number of hydrogen-bond acceptors (Lipinski definition) is 3. The molecule has 106 valence electrons.